The standard InChI is InChI=1S/C10H11ClN2O/c1-7(6-14)13-10-8(5-12)3-2-4-9(10)11/h2-4,7,13-14H,6H2,1H3. The van der Waals surface area contributed by atoms with Gasteiger partial charge in [-0.3, -0.25) is 0 Å². The number of benzene rings is 1. The van der Waals surface area contributed by atoms with E-state index in [4.69, 9.17) is 22.0 Å². The van der Waals surface area contributed by atoms with E-state index in [1.165, 1.54) is 0 Å². The molecule has 0 spiro atoms. The van der Waals surface area contributed by atoms with Gasteiger partial charge in [0.25, 0.3) is 0 Å². The monoisotopic (exact) mass is 210 g/mol. The van der Waals surface area contributed by atoms with Crippen LogP contribution in [0.2, 0.25) is 5.02 Å². The highest BCUT2D eigenvalue weighted by molar-refractivity contribution is 6.33. The van der Waals surface area contributed by atoms with Gasteiger partial charge < -0.3 is 10.4 Å². The minimum atomic E-state index is -0.123. The lowest BCUT2D eigenvalue weighted by molar-refractivity contribution is 0.281. The van der Waals surface area contributed by atoms with E-state index < -0.39 is 0 Å². The fourth-order valence-corrected chi connectivity index (χ4v) is 1.29. The maximum Gasteiger partial charge on any atom is 0.101 e. The van der Waals surface area contributed by atoms with Crippen LogP contribution in [0.5, 0.6) is 0 Å². The molecule has 1 rings (SSSR count). The van der Waals surface area contributed by atoms with Gasteiger partial charge in [0.1, 0.15) is 6.07 Å². The van der Waals surface area contributed by atoms with E-state index in [2.05, 4.69) is 5.32 Å². The Labute approximate surface area is 87.9 Å². The van der Waals surface area contributed by atoms with Crippen LogP contribution in [0.15, 0.2) is 18.2 Å². The molecule has 1 unspecified atom stereocenters. The smallest absolute Gasteiger partial charge is 0.101 e. The number of halogens is 1. The van der Waals surface area contributed by atoms with Crippen molar-refractivity contribution in [2.45, 2.75) is 13.0 Å². The molecule has 1 aromatic carbocycles. The van der Waals surface area contributed by atoms with Gasteiger partial charge in [-0.05, 0) is 19.1 Å². The average molecular weight is 211 g/mol. The van der Waals surface area contributed by atoms with Crippen LogP contribution >= 0.6 is 11.6 Å². The summed E-state index contributed by atoms with van der Waals surface area (Å²) in [5, 5.41) is 21.1. The zero-order valence-corrected chi connectivity index (χ0v) is 8.54. The van der Waals surface area contributed by atoms with Crippen molar-refractivity contribution in [2.75, 3.05) is 11.9 Å². The van der Waals surface area contributed by atoms with Gasteiger partial charge in [0, 0.05) is 6.04 Å². The van der Waals surface area contributed by atoms with Gasteiger partial charge in [0.05, 0.1) is 22.9 Å². The van der Waals surface area contributed by atoms with E-state index in [0.29, 0.717) is 16.3 Å². The van der Waals surface area contributed by atoms with Crippen molar-refractivity contribution in [1.82, 2.24) is 0 Å². The number of anilines is 1. The van der Waals surface area contributed by atoms with Crippen LogP contribution in [-0.2, 0) is 0 Å². The minimum absolute atomic E-state index is 0.00388. The Balaban J connectivity index is 3.00. The maximum atomic E-state index is 8.86. The summed E-state index contributed by atoms with van der Waals surface area (Å²) in [5.41, 5.74) is 1.07. The van der Waals surface area contributed by atoms with Crippen LogP contribution in [0.25, 0.3) is 0 Å². The Morgan fingerprint density at radius 1 is 1.64 bits per heavy atom. The molecule has 4 heteroatoms. The Kier molecular flexibility index (Phi) is 3.75. The highest BCUT2D eigenvalue weighted by Gasteiger charge is 2.08. The summed E-state index contributed by atoms with van der Waals surface area (Å²) in [6.07, 6.45) is 0. The first-order valence-electron chi connectivity index (χ1n) is 4.25. The van der Waals surface area contributed by atoms with E-state index in [1.807, 2.05) is 13.0 Å². The van der Waals surface area contributed by atoms with Gasteiger partial charge in [-0.1, -0.05) is 17.7 Å². The molecule has 3 nitrogen and oxygen atoms in total. The molecule has 0 aliphatic rings. The van der Waals surface area contributed by atoms with E-state index in [9.17, 15) is 0 Å². The second kappa shape index (κ2) is 4.85. The Bertz CT molecular complexity index is 360. The predicted octanol–water partition coefficient (Wildman–Crippen LogP) is 2.00. The summed E-state index contributed by atoms with van der Waals surface area (Å²) in [7, 11) is 0. The number of aliphatic hydroxyl groups is 1. The third-order valence-electron chi connectivity index (χ3n) is 1.80. The van der Waals surface area contributed by atoms with Crippen LogP contribution in [-0.4, -0.2) is 17.8 Å². The molecule has 0 aliphatic heterocycles. The van der Waals surface area contributed by atoms with Gasteiger partial charge in [-0.2, -0.15) is 5.26 Å². The average Bonchev–Trinajstić information content (AvgIpc) is 2.20. The molecule has 0 aliphatic carbocycles. The molecular formula is C10H11ClN2O. The number of para-hydroxylation sites is 1. The van der Waals surface area contributed by atoms with Crippen LogP contribution in [0.1, 0.15) is 12.5 Å². The zero-order chi connectivity index (χ0) is 10.6. The fraction of sp³-hybridized carbons (Fsp3) is 0.300. The SMILES string of the molecule is CC(CO)Nc1c(Cl)cccc1C#N. The number of nitrogens with one attached hydrogen (secondary N) is 1. The minimum Gasteiger partial charge on any atom is -0.394 e. The molecule has 0 fully saturated rings. The second-order valence-corrected chi connectivity index (χ2v) is 3.41. The van der Waals surface area contributed by atoms with Gasteiger partial charge in [-0.25, -0.2) is 0 Å². The van der Waals surface area contributed by atoms with Gasteiger partial charge >= 0.3 is 0 Å². The quantitative estimate of drug-likeness (QED) is 0.803. The molecule has 0 saturated carbocycles. The third kappa shape index (κ3) is 2.38. The highest BCUT2D eigenvalue weighted by Crippen LogP contribution is 2.25. The van der Waals surface area contributed by atoms with E-state index in [0.717, 1.165) is 0 Å². The van der Waals surface area contributed by atoms with Crippen molar-refractivity contribution in [1.29, 1.82) is 5.26 Å². The van der Waals surface area contributed by atoms with Gasteiger partial charge in [0.2, 0.25) is 0 Å². The van der Waals surface area contributed by atoms with Gasteiger partial charge in [-0.15, -0.1) is 0 Å². The number of hydrogen-bond acceptors (Lipinski definition) is 3. The Morgan fingerprint density at radius 2 is 2.36 bits per heavy atom. The Hall–Kier alpha value is -1.24. The summed E-state index contributed by atoms with van der Waals surface area (Å²) in [6.45, 7) is 1.81. The van der Waals surface area contributed by atoms with Crippen molar-refractivity contribution in [3.63, 3.8) is 0 Å². The summed E-state index contributed by atoms with van der Waals surface area (Å²) in [6, 6.07) is 7.01. The molecule has 0 aromatic heterocycles. The molecule has 14 heavy (non-hydrogen) atoms. The van der Waals surface area contributed by atoms with Crippen molar-refractivity contribution in [2.24, 2.45) is 0 Å². The number of aliphatic hydroxyl groups excluding tert-OH is 1. The molecular weight excluding hydrogens is 200 g/mol. The summed E-state index contributed by atoms with van der Waals surface area (Å²) in [4.78, 5) is 0. The van der Waals surface area contributed by atoms with Crippen LogP contribution < -0.4 is 5.32 Å². The van der Waals surface area contributed by atoms with E-state index >= 15 is 0 Å². The van der Waals surface area contributed by atoms with E-state index in [-0.39, 0.29) is 12.6 Å². The summed E-state index contributed by atoms with van der Waals surface area (Å²) in [5.74, 6) is 0. The van der Waals surface area contributed by atoms with Crippen molar-refractivity contribution >= 4 is 17.3 Å². The zero-order valence-electron chi connectivity index (χ0n) is 7.79. The Morgan fingerprint density at radius 3 is 2.93 bits per heavy atom. The summed E-state index contributed by atoms with van der Waals surface area (Å²) >= 11 is 5.91. The molecule has 2 N–H and O–H groups in total. The van der Waals surface area contributed by atoms with Gasteiger partial charge in [0.15, 0.2) is 0 Å². The fourth-order valence-electron chi connectivity index (χ4n) is 1.06. The molecule has 1 atom stereocenters. The van der Waals surface area contributed by atoms with Crippen LogP contribution in [0, 0.1) is 11.3 Å². The molecule has 0 heterocycles. The van der Waals surface area contributed by atoms with Crippen LogP contribution in [0.4, 0.5) is 5.69 Å². The maximum absolute atomic E-state index is 8.86. The highest BCUT2D eigenvalue weighted by atomic mass is 35.5. The number of nitrogens with zero attached hydrogens (tertiary/aromatic N) is 1. The first kappa shape index (κ1) is 10.8. The molecule has 0 bridgehead atoms. The first-order valence-corrected chi connectivity index (χ1v) is 4.63. The van der Waals surface area contributed by atoms with Crippen molar-refractivity contribution in [3.8, 4) is 6.07 Å². The van der Waals surface area contributed by atoms with Crippen molar-refractivity contribution in [3.05, 3.63) is 28.8 Å². The molecule has 1 aromatic rings. The first-order chi connectivity index (χ1) is 6.69. The number of rotatable bonds is 3. The summed E-state index contributed by atoms with van der Waals surface area (Å²) < 4.78 is 0. The van der Waals surface area contributed by atoms with Crippen LogP contribution in [0.3, 0.4) is 0 Å². The molecule has 74 valence electrons. The molecule has 0 amide bonds. The lowest BCUT2D eigenvalue weighted by Crippen LogP contribution is -2.20. The lowest BCUT2D eigenvalue weighted by Gasteiger charge is -2.14. The topological polar surface area (TPSA) is 56.0 Å². The lowest BCUT2D eigenvalue weighted by atomic mass is 10.2. The number of nitriles is 1. The third-order valence-corrected chi connectivity index (χ3v) is 2.11. The molecule has 0 radical (unpaired) electrons. The normalized spacial score (nSPS) is 11.9. The molecule has 0 saturated heterocycles. The number of hydrogen-bond donors (Lipinski definition) is 2. The van der Waals surface area contributed by atoms with Crippen molar-refractivity contribution < 1.29 is 5.11 Å². The largest absolute Gasteiger partial charge is 0.394 e. The second-order valence-electron chi connectivity index (χ2n) is 3.00. The van der Waals surface area contributed by atoms with E-state index in [1.54, 1.807) is 18.2 Å². The predicted molar refractivity (Wildman–Crippen MR) is 56.3 cm³/mol.